The van der Waals surface area contributed by atoms with E-state index in [1.54, 1.807) is 11.3 Å². The van der Waals surface area contributed by atoms with Crippen LogP contribution in [-0.4, -0.2) is 29.8 Å². The zero-order chi connectivity index (χ0) is 15.9. The van der Waals surface area contributed by atoms with Gasteiger partial charge >= 0.3 is 6.03 Å². The van der Waals surface area contributed by atoms with E-state index in [0.29, 0.717) is 24.6 Å². The Balaban J connectivity index is 1.34. The van der Waals surface area contributed by atoms with Gasteiger partial charge in [0.1, 0.15) is 5.01 Å². The Hall–Kier alpha value is -1.14. The first-order chi connectivity index (χ1) is 11.2. The number of hydrogen-bond acceptors (Lipinski definition) is 4. The second-order valence-corrected chi connectivity index (χ2v) is 8.26. The van der Waals surface area contributed by atoms with Crippen molar-refractivity contribution in [2.24, 2.45) is 11.3 Å². The third-order valence-corrected chi connectivity index (χ3v) is 7.06. The maximum absolute atomic E-state index is 12.3. The highest BCUT2D eigenvalue weighted by atomic mass is 32.1. The van der Waals surface area contributed by atoms with E-state index in [4.69, 9.17) is 4.74 Å². The Kier molecular flexibility index (Phi) is 4.05. The Morgan fingerprint density at radius 2 is 2.30 bits per heavy atom. The number of thiazole rings is 1. The number of carbonyl (C=O) groups is 1. The van der Waals surface area contributed by atoms with Gasteiger partial charge < -0.3 is 15.4 Å². The minimum atomic E-state index is -0.0557. The molecule has 1 aromatic heterocycles. The van der Waals surface area contributed by atoms with Crippen molar-refractivity contribution in [1.29, 1.82) is 0 Å². The van der Waals surface area contributed by atoms with Crippen molar-refractivity contribution in [3.05, 3.63) is 16.1 Å². The van der Waals surface area contributed by atoms with E-state index in [1.807, 2.05) is 6.20 Å². The summed E-state index contributed by atoms with van der Waals surface area (Å²) < 4.78 is 5.97. The third kappa shape index (κ3) is 2.56. The molecule has 23 heavy (non-hydrogen) atoms. The first-order valence-corrected chi connectivity index (χ1v) is 9.64. The van der Waals surface area contributed by atoms with Crippen LogP contribution >= 0.6 is 11.3 Å². The highest BCUT2D eigenvalue weighted by molar-refractivity contribution is 7.11. The molecule has 2 amide bonds. The van der Waals surface area contributed by atoms with Gasteiger partial charge in [-0.3, -0.25) is 0 Å². The summed E-state index contributed by atoms with van der Waals surface area (Å²) in [6.07, 6.45) is 9.31. The lowest BCUT2D eigenvalue weighted by atomic mass is 9.54. The molecule has 5 nitrogen and oxygen atoms in total. The van der Waals surface area contributed by atoms with Crippen LogP contribution in [0.25, 0.3) is 0 Å². The van der Waals surface area contributed by atoms with Gasteiger partial charge in [-0.15, -0.1) is 11.3 Å². The molecule has 1 spiro atoms. The van der Waals surface area contributed by atoms with E-state index < -0.39 is 0 Å². The SMILES string of the molecule is CCc1cnc(CNC(=O)N[C@H]2[C@@H]3CCO[C@@H]3C23CCCC3)s1. The summed E-state index contributed by atoms with van der Waals surface area (Å²) in [5.41, 5.74) is 0.217. The van der Waals surface area contributed by atoms with Gasteiger partial charge in [0.2, 0.25) is 0 Å². The van der Waals surface area contributed by atoms with Gasteiger partial charge in [-0.2, -0.15) is 0 Å². The van der Waals surface area contributed by atoms with E-state index in [0.717, 1.165) is 24.5 Å². The molecule has 126 valence electrons. The summed E-state index contributed by atoms with van der Waals surface area (Å²) in [6.45, 7) is 3.49. The number of nitrogens with zero attached hydrogens (tertiary/aromatic N) is 1. The van der Waals surface area contributed by atoms with Gasteiger partial charge in [0.25, 0.3) is 0 Å². The lowest BCUT2D eigenvalue weighted by Gasteiger charge is -2.56. The molecule has 3 aliphatic rings. The van der Waals surface area contributed by atoms with E-state index in [2.05, 4.69) is 22.5 Å². The molecule has 4 rings (SSSR count). The molecule has 6 heteroatoms. The largest absolute Gasteiger partial charge is 0.377 e. The van der Waals surface area contributed by atoms with Crippen molar-refractivity contribution >= 4 is 17.4 Å². The van der Waals surface area contributed by atoms with E-state index in [9.17, 15) is 4.79 Å². The zero-order valence-electron chi connectivity index (χ0n) is 13.6. The Labute approximate surface area is 141 Å². The number of urea groups is 1. The van der Waals surface area contributed by atoms with Crippen molar-refractivity contribution in [1.82, 2.24) is 15.6 Å². The van der Waals surface area contributed by atoms with Crippen LogP contribution in [0.2, 0.25) is 0 Å². The van der Waals surface area contributed by atoms with Crippen LogP contribution in [0, 0.1) is 11.3 Å². The molecule has 2 aliphatic carbocycles. The molecule has 1 saturated heterocycles. The van der Waals surface area contributed by atoms with Crippen LogP contribution in [0.3, 0.4) is 0 Å². The summed E-state index contributed by atoms with van der Waals surface area (Å²) in [5.74, 6) is 0.519. The van der Waals surface area contributed by atoms with Crippen molar-refractivity contribution in [2.45, 2.75) is 64.1 Å². The quantitative estimate of drug-likeness (QED) is 0.889. The summed E-state index contributed by atoms with van der Waals surface area (Å²) in [5, 5.41) is 7.21. The molecule has 1 aromatic rings. The number of ether oxygens (including phenoxy) is 1. The van der Waals surface area contributed by atoms with Crippen LogP contribution in [0.4, 0.5) is 4.79 Å². The topological polar surface area (TPSA) is 63.2 Å². The number of aromatic nitrogens is 1. The molecule has 3 fully saturated rings. The van der Waals surface area contributed by atoms with Gasteiger partial charge in [0.15, 0.2) is 0 Å². The van der Waals surface area contributed by atoms with Gasteiger partial charge in [-0.25, -0.2) is 9.78 Å². The molecule has 0 unspecified atom stereocenters. The van der Waals surface area contributed by atoms with Crippen LogP contribution < -0.4 is 10.6 Å². The lowest BCUT2D eigenvalue weighted by molar-refractivity contribution is -0.126. The minimum absolute atomic E-state index is 0.0557. The van der Waals surface area contributed by atoms with E-state index in [1.165, 1.54) is 30.6 Å². The van der Waals surface area contributed by atoms with Crippen molar-refractivity contribution in [2.75, 3.05) is 6.61 Å². The standard InChI is InChI=1S/C17H25N3O2S/c1-2-11-9-18-13(23-11)10-19-16(21)20-14-12-5-8-22-15(12)17(14)6-3-4-7-17/h9,12,14-15H,2-8,10H2,1H3,(H2,19,20,21)/t12-,14-,15-/m0/s1. The average Bonchev–Trinajstić information content (AvgIpc) is 3.29. The van der Waals surface area contributed by atoms with Crippen LogP contribution in [0.15, 0.2) is 6.20 Å². The third-order valence-electron chi connectivity index (χ3n) is 5.92. The normalized spacial score (nSPS) is 30.9. The zero-order valence-corrected chi connectivity index (χ0v) is 14.5. The summed E-state index contributed by atoms with van der Waals surface area (Å²) in [7, 11) is 0. The van der Waals surface area contributed by atoms with Crippen molar-refractivity contribution in [3.63, 3.8) is 0 Å². The average molecular weight is 335 g/mol. The molecule has 1 aliphatic heterocycles. The molecular weight excluding hydrogens is 310 g/mol. The number of rotatable bonds is 4. The fraction of sp³-hybridized carbons (Fsp3) is 0.765. The van der Waals surface area contributed by atoms with Gasteiger partial charge in [-0.05, 0) is 25.7 Å². The molecule has 0 bridgehead atoms. The van der Waals surface area contributed by atoms with Gasteiger partial charge in [0, 0.05) is 35.1 Å². The Bertz CT molecular complexity index is 582. The number of nitrogens with one attached hydrogen (secondary N) is 2. The van der Waals surface area contributed by atoms with Crippen molar-refractivity contribution in [3.8, 4) is 0 Å². The minimum Gasteiger partial charge on any atom is -0.377 e. The number of hydrogen-bond donors (Lipinski definition) is 2. The van der Waals surface area contributed by atoms with Gasteiger partial charge in [0.05, 0.1) is 12.6 Å². The Morgan fingerprint density at radius 1 is 1.48 bits per heavy atom. The summed E-state index contributed by atoms with van der Waals surface area (Å²) in [6, 6.07) is 0.236. The predicted molar refractivity (Wildman–Crippen MR) is 89.4 cm³/mol. The summed E-state index contributed by atoms with van der Waals surface area (Å²) >= 11 is 1.67. The predicted octanol–water partition coefficient (Wildman–Crippen LogP) is 2.85. The lowest BCUT2D eigenvalue weighted by Crippen LogP contribution is -2.69. The monoisotopic (exact) mass is 335 g/mol. The highest BCUT2D eigenvalue weighted by Gasteiger charge is 2.65. The van der Waals surface area contributed by atoms with E-state index in [-0.39, 0.29) is 11.4 Å². The molecule has 0 aromatic carbocycles. The maximum atomic E-state index is 12.3. The number of carbonyl (C=O) groups excluding carboxylic acids is 1. The maximum Gasteiger partial charge on any atom is 0.315 e. The van der Waals surface area contributed by atoms with Crippen LogP contribution in [0.1, 0.15) is 48.9 Å². The van der Waals surface area contributed by atoms with E-state index >= 15 is 0 Å². The first-order valence-electron chi connectivity index (χ1n) is 8.82. The van der Waals surface area contributed by atoms with Crippen LogP contribution in [0.5, 0.6) is 0 Å². The van der Waals surface area contributed by atoms with Crippen molar-refractivity contribution < 1.29 is 9.53 Å². The molecule has 3 atom stereocenters. The number of fused-ring (bicyclic) bond motifs is 2. The second kappa shape index (κ2) is 6.06. The first kappa shape index (κ1) is 15.4. The fourth-order valence-electron chi connectivity index (χ4n) is 4.85. The molecule has 2 N–H and O–H groups in total. The summed E-state index contributed by atoms with van der Waals surface area (Å²) in [4.78, 5) is 18.0. The van der Waals surface area contributed by atoms with Gasteiger partial charge in [-0.1, -0.05) is 19.8 Å². The Morgan fingerprint density at radius 3 is 3.04 bits per heavy atom. The number of aryl methyl sites for hydroxylation is 1. The molecule has 2 saturated carbocycles. The number of amides is 2. The highest BCUT2D eigenvalue weighted by Crippen LogP contribution is 2.60. The molecule has 2 heterocycles. The molecule has 0 radical (unpaired) electrons. The van der Waals surface area contributed by atoms with Crippen LogP contribution in [-0.2, 0) is 17.7 Å². The smallest absolute Gasteiger partial charge is 0.315 e. The molecular formula is C17H25N3O2S. The fourth-order valence-corrected chi connectivity index (χ4v) is 5.65. The second-order valence-electron chi connectivity index (χ2n) is 7.06.